The van der Waals surface area contributed by atoms with Crippen molar-refractivity contribution in [1.82, 2.24) is 9.38 Å². The topological polar surface area (TPSA) is 78.1 Å². The van der Waals surface area contributed by atoms with Crippen LogP contribution in [-0.4, -0.2) is 45.3 Å². The minimum Gasteiger partial charge on any atom is -0.476 e. The third kappa shape index (κ3) is 2.02. The lowest BCUT2D eigenvalue weighted by atomic mass is 10.3. The first-order valence-electron chi connectivity index (χ1n) is 5.75. The van der Waals surface area contributed by atoms with Gasteiger partial charge in [-0.2, -0.15) is 0 Å². The predicted molar refractivity (Wildman–Crippen MR) is 67.1 cm³/mol. The number of carboxylic acids is 1. The zero-order valence-corrected chi connectivity index (χ0v) is 10.1. The van der Waals surface area contributed by atoms with Gasteiger partial charge < -0.3 is 15.1 Å². The number of hydrogen-bond donors (Lipinski definition) is 2. The van der Waals surface area contributed by atoms with Crippen molar-refractivity contribution in [1.29, 1.82) is 0 Å². The van der Waals surface area contributed by atoms with Crippen molar-refractivity contribution in [2.75, 3.05) is 24.6 Å². The number of fused-ring (bicyclic) bond motifs is 1. The van der Waals surface area contributed by atoms with Crippen LogP contribution >= 0.6 is 0 Å². The van der Waals surface area contributed by atoms with E-state index in [9.17, 15) is 9.90 Å². The third-order valence-electron chi connectivity index (χ3n) is 2.77. The van der Waals surface area contributed by atoms with E-state index in [0.717, 1.165) is 0 Å². The molecule has 0 spiro atoms. The second-order valence-corrected chi connectivity index (χ2v) is 3.82. The van der Waals surface area contributed by atoms with Crippen LogP contribution in [0.1, 0.15) is 17.4 Å². The fourth-order valence-electron chi connectivity index (χ4n) is 1.94. The molecule has 0 aliphatic heterocycles. The normalized spacial score (nSPS) is 10.8. The van der Waals surface area contributed by atoms with Crippen LogP contribution < -0.4 is 4.90 Å². The van der Waals surface area contributed by atoms with Crippen LogP contribution in [0.4, 0.5) is 5.82 Å². The molecule has 2 rings (SSSR count). The number of carbonyl (C=O) groups is 1. The van der Waals surface area contributed by atoms with E-state index in [0.29, 0.717) is 24.6 Å². The van der Waals surface area contributed by atoms with Gasteiger partial charge >= 0.3 is 5.97 Å². The first-order chi connectivity index (χ1) is 8.69. The molecular formula is C12H15N3O3. The van der Waals surface area contributed by atoms with E-state index in [1.54, 1.807) is 29.3 Å². The first kappa shape index (κ1) is 12.4. The van der Waals surface area contributed by atoms with E-state index in [-0.39, 0.29) is 12.3 Å². The Morgan fingerprint density at radius 2 is 2.28 bits per heavy atom. The number of likely N-dealkylation sites (N-methyl/N-ethyl adjacent to an activating group) is 1. The van der Waals surface area contributed by atoms with Crippen molar-refractivity contribution < 1.29 is 15.0 Å². The number of nitrogens with zero attached hydrogens (tertiary/aromatic N) is 3. The Kier molecular flexibility index (Phi) is 3.47. The molecule has 2 aromatic heterocycles. The number of aliphatic hydroxyl groups excluding tert-OH is 1. The Bertz CT molecular complexity index is 565. The van der Waals surface area contributed by atoms with Gasteiger partial charge in [0.15, 0.2) is 11.5 Å². The number of aliphatic hydroxyl groups is 1. The summed E-state index contributed by atoms with van der Waals surface area (Å²) < 4.78 is 1.54. The summed E-state index contributed by atoms with van der Waals surface area (Å²) in [6.07, 6.45) is 1.67. The SMILES string of the molecule is CCN(CCO)c1nc2ccccn2c1C(=O)O. The molecule has 0 aliphatic carbocycles. The smallest absolute Gasteiger partial charge is 0.356 e. The fourth-order valence-corrected chi connectivity index (χ4v) is 1.94. The Morgan fingerprint density at radius 3 is 2.89 bits per heavy atom. The van der Waals surface area contributed by atoms with Gasteiger partial charge in [0, 0.05) is 19.3 Å². The monoisotopic (exact) mass is 249 g/mol. The summed E-state index contributed by atoms with van der Waals surface area (Å²) in [4.78, 5) is 17.4. The highest BCUT2D eigenvalue weighted by Crippen LogP contribution is 2.21. The molecule has 6 nitrogen and oxygen atoms in total. The average Bonchev–Trinajstić information content (AvgIpc) is 2.74. The molecule has 0 aliphatic rings. The lowest BCUT2D eigenvalue weighted by Gasteiger charge is -2.19. The van der Waals surface area contributed by atoms with E-state index < -0.39 is 5.97 Å². The van der Waals surface area contributed by atoms with Crippen molar-refractivity contribution >= 4 is 17.4 Å². The number of pyridine rings is 1. The molecule has 0 radical (unpaired) electrons. The maximum atomic E-state index is 11.4. The van der Waals surface area contributed by atoms with Crippen LogP contribution in [0.25, 0.3) is 5.65 Å². The molecule has 0 bridgehead atoms. The van der Waals surface area contributed by atoms with Gasteiger partial charge in [0.25, 0.3) is 0 Å². The summed E-state index contributed by atoms with van der Waals surface area (Å²) >= 11 is 0. The standard InChI is InChI=1S/C12H15N3O3/c1-2-14(7-8-16)11-10(12(17)18)15-6-4-3-5-9(15)13-11/h3-6,16H,2,7-8H2,1H3,(H,17,18). The number of aromatic carboxylic acids is 1. The van der Waals surface area contributed by atoms with Gasteiger partial charge in [0.05, 0.1) is 6.61 Å². The van der Waals surface area contributed by atoms with E-state index >= 15 is 0 Å². The van der Waals surface area contributed by atoms with Gasteiger partial charge in [-0.05, 0) is 19.1 Å². The minimum absolute atomic E-state index is 0.0409. The van der Waals surface area contributed by atoms with Gasteiger partial charge in [-0.25, -0.2) is 9.78 Å². The summed E-state index contributed by atoms with van der Waals surface area (Å²) in [7, 11) is 0. The quantitative estimate of drug-likeness (QED) is 0.821. The molecule has 0 saturated heterocycles. The van der Waals surface area contributed by atoms with Crippen LogP contribution in [0.2, 0.25) is 0 Å². The zero-order valence-electron chi connectivity index (χ0n) is 10.1. The summed E-state index contributed by atoms with van der Waals surface area (Å²) in [5.74, 6) is -0.634. The minimum atomic E-state index is -1.03. The Morgan fingerprint density at radius 1 is 1.50 bits per heavy atom. The molecule has 2 N–H and O–H groups in total. The number of carboxylic acid groups (broad SMARTS) is 1. The van der Waals surface area contributed by atoms with Gasteiger partial charge in [-0.15, -0.1) is 0 Å². The van der Waals surface area contributed by atoms with Gasteiger partial charge in [-0.1, -0.05) is 6.07 Å². The van der Waals surface area contributed by atoms with E-state index in [1.165, 1.54) is 4.40 Å². The highest BCUT2D eigenvalue weighted by molar-refractivity contribution is 5.93. The highest BCUT2D eigenvalue weighted by Gasteiger charge is 2.21. The van der Waals surface area contributed by atoms with Gasteiger partial charge in [0.1, 0.15) is 5.65 Å². The summed E-state index contributed by atoms with van der Waals surface area (Å²) in [5, 5.41) is 18.3. The summed E-state index contributed by atoms with van der Waals surface area (Å²) in [6.45, 7) is 2.80. The summed E-state index contributed by atoms with van der Waals surface area (Å²) in [6, 6.07) is 5.32. The van der Waals surface area contributed by atoms with Gasteiger partial charge in [-0.3, -0.25) is 4.40 Å². The van der Waals surface area contributed by atoms with Crippen molar-refractivity contribution in [2.45, 2.75) is 6.92 Å². The molecular weight excluding hydrogens is 234 g/mol. The lowest BCUT2D eigenvalue weighted by molar-refractivity contribution is 0.0690. The molecule has 96 valence electrons. The molecule has 0 aromatic carbocycles. The van der Waals surface area contributed by atoms with E-state index in [1.807, 2.05) is 6.92 Å². The molecule has 0 amide bonds. The van der Waals surface area contributed by atoms with Crippen molar-refractivity contribution in [2.24, 2.45) is 0 Å². The zero-order chi connectivity index (χ0) is 13.1. The van der Waals surface area contributed by atoms with Crippen molar-refractivity contribution in [3.63, 3.8) is 0 Å². The largest absolute Gasteiger partial charge is 0.476 e. The number of hydrogen-bond acceptors (Lipinski definition) is 4. The van der Waals surface area contributed by atoms with Crippen LogP contribution in [0, 0.1) is 0 Å². The van der Waals surface area contributed by atoms with Crippen LogP contribution in [0.15, 0.2) is 24.4 Å². The molecule has 0 atom stereocenters. The molecule has 0 saturated carbocycles. The molecule has 6 heteroatoms. The molecule has 2 heterocycles. The second-order valence-electron chi connectivity index (χ2n) is 3.82. The lowest BCUT2D eigenvalue weighted by Crippen LogP contribution is -2.28. The average molecular weight is 249 g/mol. The maximum absolute atomic E-state index is 11.4. The van der Waals surface area contributed by atoms with Crippen LogP contribution in [0.5, 0.6) is 0 Å². The molecule has 18 heavy (non-hydrogen) atoms. The van der Waals surface area contributed by atoms with E-state index in [2.05, 4.69) is 4.98 Å². The van der Waals surface area contributed by atoms with Crippen molar-refractivity contribution in [3.05, 3.63) is 30.1 Å². The number of aromatic nitrogens is 2. The Hall–Kier alpha value is -2.08. The third-order valence-corrected chi connectivity index (χ3v) is 2.77. The Labute approximate surface area is 104 Å². The first-order valence-corrected chi connectivity index (χ1v) is 5.75. The molecule has 2 aromatic rings. The van der Waals surface area contributed by atoms with Crippen LogP contribution in [-0.2, 0) is 0 Å². The number of anilines is 1. The molecule has 0 unspecified atom stereocenters. The second kappa shape index (κ2) is 5.05. The molecule has 0 fully saturated rings. The number of imidazole rings is 1. The maximum Gasteiger partial charge on any atom is 0.356 e. The van der Waals surface area contributed by atoms with Gasteiger partial charge in [0.2, 0.25) is 0 Å². The van der Waals surface area contributed by atoms with E-state index in [4.69, 9.17) is 5.11 Å². The van der Waals surface area contributed by atoms with Crippen molar-refractivity contribution in [3.8, 4) is 0 Å². The highest BCUT2D eigenvalue weighted by atomic mass is 16.4. The fraction of sp³-hybridized carbons (Fsp3) is 0.333. The number of rotatable bonds is 5. The summed E-state index contributed by atoms with van der Waals surface area (Å²) in [5.41, 5.74) is 0.710. The predicted octanol–water partition coefficient (Wildman–Crippen LogP) is 0.851. The Balaban J connectivity index is 2.61. The van der Waals surface area contributed by atoms with Crippen LogP contribution in [0.3, 0.4) is 0 Å².